The Morgan fingerprint density at radius 2 is 2.06 bits per heavy atom. The fourth-order valence-corrected chi connectivity index (χ4v) is 3.99. The number of para-hydroxylation sites is 1. The third-order valence-electron chi connectivity index (χ3n) is 4.43. The summed E-state index contributed by atoms with van der Waals surface area (Å²) in [6.45, 7) is 0. The van der Waals surface area contributed by atoms with Gasteiger partial charge in [-0.05, 0) is 54.7 Å². The molecule has 86 valence electrons. The number of fused-ring (bicyclic) bond motifs is 6. The first kappa shape index (κ1) is 9.90. The van der Waals surface area contributed by atoms with Crippen molar-refractivity contribution < 1.29 is 0 Å². The lowest BCUT2D eigenvalue weighted by molar-refractivity contribution is 0.511. The molecule has 4 rings (SSSR count). The van der Waals surface area contributed by atoms with Gasteiger partial charge in [0.15, 0.2) is 0 Å². The van der Waals surface area contributed by atoms with Crippen LogP contribution >= 0.6 is 11.6 Å². The Hall–Kier alpha value is -1.08. The zero-order valence-corrected chi connectivity index (χ0v) is 10.4. The summed E-state index contributed by atoms with van der Waals surface area (Å²) in [5.41, 5.74) is 3.90. The molecule has 1 saturated carbocycles. The van der Waals surface area contributed by atoms with Gasteiger partial charge in [0.05, 0.1) is 5.52 Å². The van der Waals surface area contributed by atoms with Crippen LogP contribution in [0.2, 0.25) is 5.15 Å². The van der Waals surface area contributed by atoms with Crippen LogP contribution in [0.25, 0.3) is 10.9 Å². The van der Waals surface area contributed by atoms with Gasteiger partial charge in [0.25, 0.3) is 0 Å². The summed E-state index contributed by atoms with van der Waals surface area (Å²) in [5, 5.41) is 2.08. The molecule has 1 aromatic heterocycles. The zero-order valence-electron chi connectivity index (χ0n) is 9.62. The van der Waals surface area contributed by atoms with E-state index in [1.165, 1.54) is 35.8 Å². The quantitative estimate of drug-likeness (QED) is 0.628. The van der Waals surface area contributed by atoms with Gasteiger partial charge in [-0.1, -0.05) is 29.8 Å². The smallest absolute Gasteiger partial charge is 0.133 e. The molecule has 1 fully saturated rings. The summed E-state index contributed by atoms with van der Waals surface area (Å²) in [5.74, 6) is 1.59. The lowest BCUT2D eigenvalue weighted by Crippen LogP contribution is -2.12. The van der Waals surface area contributed by atoms with Gasteiger partial charge in [0.1, 0.15) is 5.15 Å². The van der Waals surface area contributed by atoms with Crippen LogP contribution in [0.1, 0.15) is 36.3 Å². The maximum Gasteiger partial charge on any atom is 0.133 e. The highest BCUT2D eigenvalue weighted by atomic mass is 35.5. The molecule has 2 atom stereocenters. The van der Waals surface area contributed by atoms with Crippen molar-refractivity contribution >= 4 is 22.5 Å². The van der Waals surface area contributed by atoms with Crippen LogP contribution in [0.15, 0.2) is 24.3 Å². The van der Waals surface area contributed by atoms with E-state index in [1.54, 1.807) is 0 Å². The molecule has 0 spiro atoms. The Morgan fingerprint density at radius 3 is 3.00 bits per heavy atom. The second-order valence-corrected chi connectivity index (χ2v) is 5.75. The van der Waals surface area contributed by atoms with Gasteiger partial charge in [-0.2, -0.15) is 0 Å². The van der Waals surface area contributed by atoms with Crippen LogP contribution in [0.4, 0.5) is 0 Å². The van der Waals surface area contributed by atoms with E-state index in [0.29, 0.717) is 0 Å². The molecule has 2 aliphatic rings. The van der Waals surface area contributed by atoms with E-state index in [1.807, 2.05) is 6.07 Å². The number of hydrogen-bond donors (Lipinski definition) is 0. The average molecular weight is 244 g/mol. The van der Waals surface area contributed by atoms with Crippen molar-refractivity contribution in [2.45, 2.75) is 31.6 Å². The first-order chi connectivity index (χ1) is 8.33. The van der Waals surface area contributed by atoms with Crippen molar-refractivity contribution in [1.29, 1.82) is 0 Å². The molecule has 17 heavy (non-hydrogen) atoms. The third kappa shape index (κ3) is 1.35. The predicted octanol–water partition coefficient (Wildman–Crippen LogP) is 4.33. The van der Waals surface area contributed by atoms with E-state index in [-0.39, 0.29) is 0 Å². The Balaban J connectivity index is 2.10. The number of halogens is 1. The SMILES string of the molecule is Clc1nc2ccccc2c2c1C[C@H]1CC[C@@H]2C1. The van der Waals surface area contributed by atoms with E-state index >= 15 is 0 Å². The molecule has 2 aliphatic carbocycles. The van der Waals surface area contributed by atoms with Crippen LogP contribution in [-0.4, -0.2) is 4.98 Å². The third-order valence-corrected chi connectivity index (χ3v) is 4.74. The highest BCUT2D eigenvalue weighted by Gasteiger charge is 2.35. The number of rotatable bonds is 0. The summed E-state index contributed by atoms with van der Waals surface area (Å²) in [6, 6.07) is 8.43. The van der Waals surface area contributed by atoms with Crippen LogP contribution in [0.5, 0.6) is 0 Å². The van der Waals surface area contributed by atoms with Gasteiger partial charge < -0.3 is 0 Å². The fourth-order valence-electron chi connectivity index (χ4n) is 3.72. The molecule has 2 aromatic rings. The zero-order chi connectivity index (χ0) is 11.4. The molecule has 0 amide bonds. The molecule has 1 nitrogen and oxygen atoms in total. The fraction of sp³-hybridized carbons (Fsp3) is 0.400. The monoisotopic (exact) mass is 243 g/mol. The van der Waals surface area contributed by atoms with Crippen molar-refractivity contribution in [2.24, 2.45) is 5.92 Å². The topological polar surface area (TPSA) is 12.9 Å². The molecule has 2 heteroatoms. The molecule has 2 bridgehead atoms. The van der Waals surface area contributed by atoms with E-state index in [4.69, 9.17) is 11.6 Å². The molecule has 0 aliphatic heterocycles. The maximum atomic E-state index is 6.37. The highest BCUT2D eigenvalue weighted by molar-refractivity contribution is 6.30. The van der Waals surface area contributed by atoms with Crippen LogP contribution < -0.4 is 0 Å². The lowest BCUT2D eigenvalue weighted by Gasteiger charge is -2.25. The lowest BCUT2D eigenvalue weighted by atomic mass is 9.82. The van der Waals surface area contributed by atoms with Gasteiger partial charge in [-0.15, -0.1) is 0 Å². The van der Waals surface area contributed by atoms with Gasteiger partial charge >= 0.3 is 0 Å². The molecule has 0 saturated heterocycles. The summed E-state index contributed by atoms with van der Waals surface area (Å²) >= 11 is 6.37. The minimum Gasteiger partial charge on any atom is -0.236 e. The summed E-state index contributed by atoms with van der Waals surface area (Å²) < 4.78 is 0. The van der Waals surface area contributed by atoms with Crippen molar-refractivity contribution in [3.63, 3.8) is 0 Å². The Kier molecular flexibility index (Phi) is 2.01. The van der Waals surface area contributed by atoms with E-state index in [0.717, 1.165) is 28.9 Å². The number of pyridine rings is 1. The van der Waals surface area contributed by atoms with Gasteiger partial charge in [-0.25, -0.2) is 4.98 Å². The normalized spacial score (nSPS) is 26.2. The molecule has 0 N–H and O–H groups in total. The molecule has 1 heterocycles. The van der Waals surface area contributed by atoms with Crippen molar-refractivity contribution in [1.82, 2.24) is 4.98 Å². The number of hydrogen-bond acceptors (Lipinski definition) is 1. The standard InChI is InChI=1S/C15H14ClN/c16-15-12-8-9-5-6-10(7-9)14(12)11-3-1-2-4-13(11)17-15/h1-4,9-10H,5-8H2/t9-,10+/m0/s1. The maximum absolute atomic E-state index is 6.37. The number of benzene rings is 1. The average Bonchev–Trinajstić information content (AvgIpc) is 2.72. The molecular weight excluding hydrogens is 230 g/mol. The van der Waals surface area contributed by atoms with Crippen molar-refractivity contribution in [3.8, 4) is 0 Å². The second-order valence-electron chi connectivity index (χ2n) is 5.39. The second kappa shape index (κ2) is 3.46. The van der Waals surface area contributed by atoms with E-state index in [9.17, 15) is 0 Å². The number of nitrogens with zero attached hydrogens (tertiary/aromatic N) is 1. The first-order valence-electron chi connectivity index (χ1n) is 6.40. The number of aromatic nitrogens is 1. The Morgan fingerprint density at radius 1 is 1.18 bits per heavy atom. The highest BCUT2D eigenvalue weighted by Crippen LogP contribution is 2.49. The van der Waals surface area contributed by atoms with Crippen LogP contribution in [0, 0.1) is 5.92 Å². The predicted molar refractivity (Wildman–Crippen MR) is 70.5 cm³/mol. The summed E-state index contributed by atoms with van der Waals surface area (Å²) in [7, 11) is 0. The van der Waals surface area contributed by atoms with Gasteiger partial charge in [0.2, 0.25) is 0 Å². The molecule has 0 unspecified atom stereocenters. The van der Waals surface area contributed by atoms with Crippen LogP contribution in [-0.2, 0) is 6.42 Å². The van der Waals surface area contributed by atoms with E-state index in [2.05, 4.69) is 23.2 Å². The largest absolute Gasteiger partial charge is 0.236 e. The first-order valence-corrected chi connectivity index (χ1v) is 6.77. The summed E-state index contributed by atoms with van der Waals surface area (Å²) in [4.78, 5) is 4.55. The molecule has 0 radical (unpaired) electrons. The van der Waals surface area contributed by atoms with Gasteiger partial charge in [0, 0.05) is 5.39 Å². The Bertz CT molecular complexity index is 605. The molecular formula is C15H14ClN. The molecule has 1 aromatic carbocycles. The van der Waals surface area contributed by atoms with Crippen LogP contribution in [0.3, 0.4) is 0 Å². The van der Waals surface area contributed by atoms with E-state index < -0.39 is 0 Å². The van der Waals surface area contributed by atoms with Crippen molar-refractivity contribution in [3.05, 3.63) is 40.5 Å². The Labute approximate surface area is 106 Å². The van der Waals surface area contributed by atoms with Crippen molar-refractivity contribution in [2.75, 3.05) is 0 Å². The minimum absolute atomic E-state index is 0.731. The van der Waals surface area contributed by atoms with Gasteiger partial charge in [-0.3, -0.25) is 0 Å². The summed E-state index contributed by atoms with van der Waals surface area (Å²) in [6.07, 6.45) is 5.20. The minimum atomic E-state index is 0.731.